The van der Waals surface area contributed by atoms with Crippen LogP contribution in [0.4, 0.5) is 4.79 Å². The summed E-state index contributed by atoms with van der Waals surface area (Å²) in [4.78, 5) is 18.1. The lowest BCUT2D eigenvalue weighted by molar-refractivity contribution is -0.00162. The number of benzene rings is 2. The summed E-state index contributed by atoms with van der Waals surface area (Å²) in [6.45, 7) is 18.7. The van der Waals surface area contributed by atoms with Crippen molar-refractivity contribution in [2.24, 2.45) is 0 Å². The Balaban J connectivity index is 0.000000220. The molecular formula is C41H56B2N2O11S2Si. The molecule has 13 nitrogen and oxygen atoms in total. The van der Waals surface area contributed by atoms with E-state index in [-0.39, 0.29) is 24.0 Å². The number of pyridine rings is 1. The highest BCUT2D eigenvalue weighted by atomic mass is 32.2. The topological polar surface area (TPSA) is 163 Å². The second-order valence-electron chi connectivity index (χ2n) is 17.2. The molecule has 2 saturated heterocycles. The SMILES string of the molecule is CC(C)(C)OC(=O)N1CCC2(C=C(OS(C)(=O)=O)c3cc(O[Si](C)(C)C(C)(C)C)ccc3O2)CC1.OB(O)c1cc2ccccc2s1.c1cncc(B2OCCCO2)c1. The van der Waals surface area contributed by atoms with Crippen LogP contribution in [0.15, 0.2) is 79.1 Å². The van der Waals surface area contributed by atoms with Crippen LogP contribution in [0.3, 0.4) is 0 Å². The Morgan fingerprint density at radius 2 is 1.66 bits per heavy atom. The zero-order chi connectivity index (χ0) is 43.2. The van der Waals surface area contributed by atoms with E-state index in [9.17, 15) is 13.2 Å². The Hall–Kier alpha value is -3.90. The number of piperidine rings is 1. The molecular weight excluding hydrogens is 810 g/mol. The van der Waals surface area contributed by atoms with Crippen LogP contribution in [0.1, 0.15) is 66.4 Å². The zero-order valence-corrected chi connectivity index (χ0v) is 38.0. The summed E-state index contributed by atoms with van der Waals surface area (Å²) in [6.07, 6.45) is 7.84. The standard InChI is InChI=1S/C25H39NO7SSi.C8H10BNO2.C8H7BO2S/c1-23(2,3)31-22(27)26-14-12-25(13-15-26)17-21(32-34(7,28)29)19-16-18(10-11-20(19)30-25)33-35(8,9)24(4,5)6;1-3-8(7-10-4-1)9-11-5-2-6-12-9;10-9(11)8-5-6-3-1-2-4-7(6)12-8/h10-11,16-17H,12-15H2,1-9H3;1,3-4,7H,2,5-6H2;1-5,10-11H. The first-order valence-corrected chi connectivity index (χ1v) is 25.2. The fourth-order valence-electron chi connectivity index (χ4n) is 6.06. The van der Waals surface area contributed by atoms with Crippen molar-refractivity contribution in [3.05, 3.63) is 84.7 Å². The Morgan fingerprint density at radius 3 is 2.24 bits per heavy atom. The maximum Gasteiger partial charge on any atom is 0.499 e. The van der Waals surface area contributed by atoms with Crippen LogP contribution < -0.4 is 19.4 Å². The summed E-state index contributed by atoms with van der Waals surface area (Å²) >= 11 is 1.41. The summed E-state index contributed by atoms with van der Waals surface area (Å²) in [7, 11) is -7.43. The van der Waals surface area contributed by atoms with Gasteiger partial charge in [-0.25, -0.2) is 4.79 Å². The molecule has 2 N–H and O–H groups in total. The molecule has 0 atom stereocenters. The predicted octanol–water partition coefficient (Wildman–Crippen LogP) is 6.34. The number of ether oxygens (including phenoxy) is 2. The molecule has 3 aliphatic heterocycles. The van der Waals surface area contributed by atoms with Crippen molar-refractivity contribution in [1.82, 2.24) is 9.88 Å². The number of rotatable bonds is 6. The monoisotopic (exact) mass is 866 g/mol. The fraction of sp³-hybridized carbons (Fsp3) is 0.463. The van der Waals surface area contributed by atoms with Crippen molar-refractivity contribution in [2.75, 3.05) is 32.6 Å². The Labute approximate surface area is 354 Å². The minimum absolute atomic E-state index is 0.00744. The first-order valence-electron chi connectivity index (χ1n) is 19.6. The Bertz CT molecular complexity index is 2140. The minimum Gasteiger partial charge on any atom is -0.543 e. The molecule has 4 aromatic rings. The maximum atomic E-state index is 12.5. The van der Waals surface area contributed by atoms with E-state index in [0.717, 1.165) is 41.4 Å². The lowest BCUT2D eigenvalue weighted by Crippen LogP contribution is -2.50. The number of carbonyl (C=O) groups excluding carboxylic acids is 1. The minimum atomic E-state index is -3.78. The molecule has 0 saturated carbocycles. The van der Waals surface area contributed by atoms with Crippen molar-refractivity contribution in [3.8, 4) is 11.5 Å². The van der Waals surface area contributed by atoms with E-state index >= 15 is 0 Å². The first kappa shape index (κ1) is 46.2. The van der Waals surface area contributed by atoms with E-state index in [1.165, 1.54) is 11.3 Å². The van der Waals surface area contributed by atoms with Crippen LogP contribution in [0.2, 0.25) is 18.1 Å². The van der Waals surface area contributed by atoms with Crippen LogP contribution in [0, 0.1) is 0 Å². The number of carbonyl (C=O) groups is 1. The average Bonchev–Trinajstić information content (AvgIpc) is 3.60. The molecule has 18 heteroatoms. The van der Waals surface area contributed by atoms with Gasteiger partial charge in [-0.05, 0) is 87.1 Å². The number of thiophene rings is 1. The van der Waals surface area contributed by atoms with Gasteiger partial charge in [-0.15, -0.1) is 11.3 Å². The fourth-order valence-corrected chi connectivity index (χ4v) is 8.49. The van der Waals surface area contributed by atoms with Crippen molar-refractivity contribution in [2.45, 2.75) is 90.1 Å². The van der Waals surface area contributed by atoms with Gasteiger partial charge in [0.05, 0.1) is 11.8 Å². The van der Waals surface area contributed by atoms with Gasteiger partial charge in [0.15, 0.2) is 5.76 Å². The first-order chi connectivity index (χ1) is 27.5. The van der Waals surface area contributed by atoms with Gasteiger partial charge in [0.2, 0.25) is 8.32 Å². The van der Waals surface area contributed by atoms with E-state index < -0.39 is 36.8 Å². The number of hydrogen-bond acceptors (Lipinski definition) is 13. The van der Waals surface area contributed by atoms with E-state index in [2.05, 4.69) is 38.8 Å². The number of hydrogen-bond donors (Lipinski definition) is 2. The molecule has 0 radical (unpaired) electrons. The van der Waals surface area contributed by atoms with E-state index in [4.69, 9.17) is 37.4 Å². The Kier molecular flexibility index (Phi) is 14.7. The van der Waals surface area contributed by atoms with Gasteiger partial charge < -0.3 is 42.3 Å². The normalized spacial score (nSPS) is 16.6. The van der Waals surface area contributed by atoms with Crippen LogP contribution >= 0.6 is 11.3 Å². The van der Waals surface area contributed by atoms with Crippen LogP contribution in [-0.4, -0.2) is 101 Å². The lowest BCUT2D eigenvalue weighted by Gasteiger charge is -2.42. The molecule has 0 unspecified atom stereocenters. The molecule has 7 rings (SSSR count). The molecule has 59 heavy (non-hydrogen) atoms. The number of likely N-dealkylation sites (tertiary alicyclic amines) is 1. The number of nitrogens with zero attached hydrogens (tertiary/aromatic N) is 2. The van der Waals surface area contributed by atoms with Crippen molar-refractivity contribution in [1.29, 1.82) is 0 Å². The third-order valence-corrected chi connectivity index (χ3v) is 16.1. The molecule has 1 spiro atoms. The third-order valence-electron chi connectivity index (χ3n) is 10.1. The van der Waals surface area contributed by atoms with Crippen LogP contribution in [0.5, 0.6) is 11.5 Å². The van der Waals surface area contributed by atoms with Gasteiger partial charge in [-0.3, -0.25) is 4.98 Å². The van der Waals surface area contributed by atoms with E-state index in [1.54, 1.807) is 41.6 Å². The van der Waals surface area contributed by atoms with Gasteiger partial charge in [-0.1, -0.05) is 45.0 Å². The predicted molar refractivity (Wildman–Crippen MR) is 236 cm³/mol. The molecule has 318 valence electrons. The van der Waals surface area contributed by atoms with E-state index in [0.29, 0.717) is 47.8 Å². The molecule has 3 aliphatic rings. The van der Waals surface area contributed by atoms with Crippen molar-refractivity contribution < 1.29 is 50.7 Å². The summed E-state index contributed by atoms with van der Waals surface area (Å²) in [5, 5.41) is 18.8. The molecule has 2 aromatic heterocycles. The lowest BCUT2D eigenvalue weighted by atomic mass is 9.79. The highest BCUT2D eigenvalue weighted by Gasteiger charge is 2.43. The number of amides is 1. The molecule has 2 fully saturated rings. The van der Waals surface area contributed by atoms with Crippen LogP contribution in [0.25, 0.3) is 15.8 Å². The summed E-state index contributed by atoms with van der Waals surface area (Å²) < 4.78 is 60.4. The Morgan fingerprint density at radius 1 is 0.983 bits per heavy atom. The highest BCUT2D eigenvalue weighted by molar-refractivity contribution is 7.86. The van der Waals surface area contributed by atoms with Crippen molar-refractivity contribution >= 4 is 76.2 Å². The second-order valence-corrected chi connectivity index (χ2v) is 24.6. The summed E-state index contributed by atoms with van der Waals surface area (Å²) in [6, 6.07) is 18.9. The second kappa shape index (κ2) is 18.8. The van der Waals surface area contributed by atoms with Crippen LogP contribution in [-0.2, 0) is 28.3 Å². The number of fused-ring (bicyclic) bond motifs is 2. The largest absolute Gasteiger partial charge is 0.543 e. The summed E-state index contributed by atoms with van der Waals surface area (Å²) in [5.41, 5.74) is 0.171. The molecule has 2 aromatic carbocycles. The van der Waals surface area contributed by atoms with Gasteiger partial charge in [0.25, 0.3) is 0 Å². The molecule has 0 bridgehead atoms. The average molecular weight is 867 g/mol. The summed E-state index contributed by atoms with van der Waals surface area (Å²) in [5.74, 6) is 1.40. The van der Waals surface area contributed by atoms with Gasteiger partial charge in [0, 0.05) is 72.6 Å². The molecule has 5 heterocycles. The van der Waals surface area contributed by atoms with Crippen molar-refractivity contribution in [3.63, 3.8) is 0 Å². The molecule has 1 amide bonds. The number of aromatic nitrogens is 1. The van der Waals surface area contributed by atoms with Gasteiger partial charge in [0.1, 0.15) is 22.7 Å². The van der Waals surface area contributed by atoms with E-state index in [1.807, 2.05) is 63.2 Å². The van der Waals surface area contributed by atoms with Gasteiger partial charge in [-0.2, -0.15) is 8.42 Å². The maximum absolute atomic E-state index is 12.5. The third kappa shape index (κ3) is 13.0. The zero-order valence-electron chi connectivity index (χ0n) is 35.4. The molecule has 0 aliphatic carbocycles. The smallest absolute Gasteiger partial charge is 0.499 e. The quantitative estimate of drug-likeness (QED) is 0.164. The van der Waals surface area contributed by atoms with Gasteiger partial charge >= 0.3 is 30.4 Å². The highest BCUT2D eigenvalue weighted by Crippen LogP contribution is 2.45.